The highest BCUT2D eigenvalue weighted by molar-refractivity contribution is 8.14. The minimum Gasteiger partial charge on any atom is -0.250 e. The smallest absolute Gasteiger partial charge is 0.0792 e. The Hall–Kier alpha value is -0.240. The van der Waals surface area contributed by atoms with Crippen molar-refractivity contribution in [3.8, 4) is 0 Å². The van der Waals surface area contributed by atoms with Crippen molar-refractivity contribution in [1.29, 1.82) is 0 Å². The Morgan fingerprint density at radius 2 is 2.10 bits per heavy atom. The van der Waals surface area contributed by atoms with Crippen LogP contribution < -0.4 is 0 Å². The van der Waals surface area contributed by atoms with E-state index in [9.17, 15) is 0 Å². The molecule has 0 saturated heterocycles. The quantitative estimate of drug-likeness (QED) is 0.524. The summed E-state index contributed by atoms with van der Waals surface area (Å²) in [7, 11) is 0. The average molecular weight is 155 g/mol. The summed E-state index contributed by atoms with van der Waals surface area (Å²) in [6, 6.07) is 0. The van der Waals surface area contributed by atoms with E-state index in [2.05, 4.69) is 32.3 Å². The van der Waals surface area contributed by atoms with Crippen molar-refractivity contribution in [1.82, 2.24) is 0 Å². The Morgan fingerprint density at radius 1 is 1.50 bits per heavy atom. The molecule has 1 rings (SSSR count). The van der Waals surface area contributed by atoms with Gasteiger partial charge in [0.15, 0.2) is 0 Å². The molecule has 0 aromatic rings. The molecule has 1 aliphatic rings. The molecule has 0 radical (unpaired) electrons. The van der Waals surface area contributed by atoms with Crippen molar-refractivity contribution in [2.45, 2.75) is 20.8 Å². The summed E-state index contributed by atoms with van der Waals surface area (Å²) in [5.74, 6) is 0.979. The second-order valence-electron chi connectivity index (χ2n) is 3.52. The Kier molecular flexibility index (Phi) is 1.90. The molecule has 10 heavy (non-hydrogen) atoms. The molecule has 0 unspecified atom stereocenters. The summed E-state index contributed by atoms with van der Waals surface area (Å²) in [5.41, 5.74) is 1.22. The maximum atomic E-state index is 4.34. The molecule has 0 fully saturated rings. The van der Waals surface area contributed by atoms with Gasteiger partial charge in [-0.25, -0.2) is 0 Å². The van der Waals surface area contributed by atoms with E-state index in [-0.39, 0.29) is 5.41 Å². The van der Waals surface area contributed by atoms with Crippen LogP contribution in [-0.2, 0) is 0 Å². The molecule has 1 nitrogen and oxygen atoms in total. The van der Waals surface area contributed by atoms with Gasteiger partial charge in [-0.2, -0.15) is 0 Å². The summed E-state index contributed by atoms with van der Waals surface area (Å²) >= 11 is 1.81. The molecule has 0 aliphatic carbocycles. The summed E-state index contributed by atoms with van der Waals surface area (Å²) in [6.07, 6.45) is 0. The first kappa shape index (κ1) is 7.86. The fourth-order valence-corrected chi connectivity index (χ4v) is 1.74. The number of hydrogen-bond donors (Lipinski definition) is 0. The lowest BCUT2D eigenvalue weighted by molar-refractivity contribution is 0.602. The largest absolute Gasteiger partial charge is 0.250 e. The first-order valence-corrected chi connectivity index (χ1v) is 4.38. The van der Waals surface area contributed by atoms with Crippen LogP contribution in [0.1, 0.15) is 20.8 Å². The second kappa shape index (κ2) is 2.42. The van der Waals surface area contributed by atoms with E-state index < -0.39 is 0 Å². The van der Waals surface area contributed by atoms with Crippen LogP contribution in [-0.4, -0.2) is 10.8 Å². The Bertz CT molecular complexity index is 186. The summed E-state index contributed by atoms with van der Waals surface area (Å²) in [4.78, 5) is 4.34. The van der Waals surface area contributed by atoms with Crippen molar-refractivity contribution in [2.75, 3.05) is 5.75 Å². The molecule has 0 aromatic carbocycles. The van der Waals surface area contributed by atoms with Crippen LogP contribution in [0, 0.1) is 5.41 Å². The highest BCUT2D eigenvalue weighted by Crippen LogP contribution is 2.31. The van der Waals surface area contributed by atoms with Gasteiger partial charge in [0, 0.05) is 16.9 Å². The van der Waals surface area contributed by atoms with E-state index in [1.54, 1.807) is 0 Å². The molecule has 0 atom stereocenters. The zero-order chi connectivity index (χ0) is 7.78. The molecule has 56 valence electrons. The standard InChI is InChI=1S/C8H13NS/c1-6-5-10-7(9-6)8(2,3)4/h1,5H2,2-4H3. The molecule has 0 saturated carbocycles. The molecule has 0 N–H and O–H groups in total. The van der Waals surface area contributed by atoms with Crippen molar-refractivity contribution in [3.63, 3.8) is 0 Å². The van der Waals surface area contributed by atoms with Gasteiger partial charge in [-0.05, 0) is 0 Å². The van der Waals surface area contributed by atoms with Crippen LogP contribution in [0.5, 0.6) is 0 Å². The monoisotopic (exact) mass is 155 g/mol. The van der Waals surface area contributed by atoms with E-state index in [0.717, 1.165) is 11.4 Å². The molecule has 0 amide bonds. The third-order valence-electron chi connectivity index (χ3n) is 1.28. The van der Waals surface area contributed by atoms with Crippen molar-refractivity contribution < 1.29 is 0 Å². The van der Waals surface area contributed by atoms with Gasteiger partial charge in [-0.1, -0.05) is 27.4 Å². The molecule has 0 aromatic heterocycles. The summed E-state index contributed by atoms with van der Waals surface area (Å²) in [6.45, 7) is 10.3. The topological polar surface area (TPSA) is 12.4 Å². The van der Waals surface area contributed by atoms with Gasteiger partial charge in [-0.15, -0.1) is 11.8 Å². The third-order valence-corrected chi connectivity index (χ3v) is 2.73. The zero-order valence-electron chi connectivity index (χ0n) is 6.77. The number of thioether (sulfide) groups is 1. The fourth-order valence-electron chi connectivity index (χ4n) is 0.744. The van der Waals surface area contributed by atoms with E-state index in [4.69, 9.17) is 0 Å². The first-order valence-electron chi connectivity index (χ1n) is 3.40. The molecular weight excluding hydrogens is 142 g/mol. The summed E-state index contributed by atoms with van der Waals surface area (Å²) in [5, 5.41) is 1.22. The van der Waals surface area contributed by atoms with Crippen LogP contribution in [0.25, 0.3) is 0 Å². The molecule has 0 spiro atoms. The lowest BCUT2D eigenvalue weighted by Crippen LogP contribution is -2.14. The van der Waals surface area contributed by atoms with Gasteiger partial charge < -0.3 is 0 Å². The number of hydrogen-bond acceptors (Lipinski definition) is 2. The lowest BCUT2D eigenvalue weighted by Gasteiger charge is -2.16. The maximum Gasteiger partial charge on any atom is 0.0792 e. The normalized spacial score (nSPS) is 19.5. The van der Waals surface area contributed by atoms with Gasteiger partial charge in [0.1, 0.15) is 0 Å². The van der Waals surface area contributed by atoms with Crippen molar-refractivity contribution in [3.05, 3.63) is 12.3 Å². The predicted octanol–water partition coefficient (Wildman–Crippen LogP) is 2.69. The van der Waals surface area contributed by atoms with E-state index in [1.165, 1.54) is 5.04 Å². The van der Waals surface area contributed by atoms with Crippen molar-refractivity contribution >= 4 is 16.8 Å². The van der Waals surface area contributed by atoms with E-state index in [1.807, 2.05) is 11.8 Å². The fraction of sp³-hybridized carbons (Fsp3) is 0.625. The zero-order valence-corrected chi connectivity index (χ0v) is 7.59. The summed E-state index contributed by atoms with van der Waals surface area (Å²) < 4.78 is 0. The van der Waals surface area contributed by atoms with E-state index in [0.29, 0.717) is 0 Å². The molecule has 0 bridgehead atoms. The van der Waals surface area contributed by atoms with Gasteiger partial charge >= 0.3 is 0 Å². The van der Waals surface area contributed by atoms with Crippen LogP contribution >= 0.6 is 11.8 Å². The van der Waals surface area contributed by atoms with Gasteiger partial charge in [-0.3, -0.25) is 4.99 Å². The van der Waals surface area contributed by atoms with Gasteiger partial charge in [0.25, 0.3) is 0 Å². The Morgan fingerprint density at radius 3 is 2.30 bits per heavy atom. The Balaban J connectivity index is 2.76. The third kappa shape index (κ3) is 1.63. The molecule has 1 aliphatic heterocycles. The van der Waals surface area contributed by atoms with Crippen LogP contribution in [0.2, 0.25) is 0 Å². The Labute approximate surface area is 66.6 Å². The van der Waals surface area contributed by atoms with Crippen LogP contribution in [0.4, 0.5) is 0 Å². The molecule has 1 heterocycles. The number of rotatable bonds is 0. The van der Waals surface area contributed by atoms with Gasteiger partial charge in [0.2, 0.25) is 0 Å². The highest BCUT2D eigenvalue weighted by Gasteiger charge is 2.23. The number of aliphatic imine (C=N–C) groups is 1. The highest BCUT2D eigenvalue weighted by atomic mass is 32.2. The van der Waals surface area contributed by atoms with Crippen molar-refractivity contribution in [2.24, 2.45) is 10.4 Å². The van der Waals surface area contributed by atoms with Crippen LogP contribution in [0.15, 0.2) is 17.3 Å². The average Bonchev–Trinajstić information content (AvgIpc) is 2.11. The second-order valence-corrected chi connectivity index (χ2v) is 4.49. The minimum absolute atomic E-state index is 0.212. The SMILES string of the molecule is C=C1CSC(C(C)(C)C)=N1. The minimum atomic E-state index is 0.212. The van der Waals surface area contributed by atoms with Gasteiger partial charge in [0.05, 0.1) is 5.04 Å². The number of nitrogens with zero attached hydrogens (tertiary/aromatic N) is 1. The molecular formula is C8H13NS. The van der Waals surface area contributed by atoms with E-state index >= 15 is 0 Å². The molecule has 2 heteroatoms. The first-order chi connectivity index (χ1) is 4.50. The predicted molar refractivity (Wildman–Crippen MR) is 48.5 cm³/mol. The maximum absolute atomic E-state index is 4.34. The van der Waals surface area contributed by atoms with Crippen LogP contribution in [0.3, 0.4) is 0 Å². The lowest BCUT2D eigenvalue weighted by atomic mass is 9.99.